The molecule has 0 radical (unpaired) electrons. The predicted molar refractivity (Wildman–Crippen MR) is 113 cm³/mol. The van der Waals surface area contributed by atoms with E-state index in [0.717, 1.165) is 27.6 Å². The summed E-state index contributed by atoms with van der Waals surface area (Å²) in [6.07, 6.45) is 5.39. The van der Waals surface area contributed by atoms with Crippen molar-refractivity contribution in [1.82, 2.24) is 15.5 Å². The third-order valence-corrected chi connectivity index (χ3v) is 7.85. The van der Waals surface area contributed by atoms with Gasteiger partial charge in [-0.1, -0.05) is 35.6 Å². The van der Waals surface area contributed by atoms with E-state index in [2.05, 4.69) is 27.8 Å². The molecule has 0 saturated heterocycles. The van der Waals surface area contributed by atoms with Crippen molar-refractivity contribution in [2.24, 2.45) is 17.8 Å². The Morgan fingerprint density at radius 2 is 2.25 bits per heavy atom. The summed E-state index contributed by atoms with van der Waals surface area (Å²) >= 11 is 2.88. The molecule has 28 heavy (non-hydrogen) atoms. The number of anilines is 2. The van der Waals surface area contributed by atoms with Crippen molar-refractivity contribution < 1.29 is 9.53 Å². The Hall–Kier alpha value is -1.80. The molecule has 2 fully saturated rings. The normalized spacial score (nSPS) is 24.1. The van der Waals surface area contributed by atoms with Crippen LogP contribution in [-0.4, -0.2) is 35.0 Å². The van der Waals surface area contributed by atoms with Crippen molar-refractivity contribution in [3.63, 3.8) is 0 Å². The van der Waals surface area contributed by atoms with E-state index in [0.29, 0.717) is 16.8 Å². The van der Waals surface area contributed by atoms with Gasteiger partial charge in [0.2, 0.25) is 11.0 Å². The first-order valence-electron chi connectivity index (χ1n) is 9.77. The molecule has 2 N–H and O–H groups in total. The number of thioether (sulfide) groups is 1. The summed E-state index contributed by atoms with van der Waals surface area (Å²) in [6, 6.07) is 7.92. The van der Waals surface area contributed by atoms with Crippen LogP contribution in [0.5, 0.6) is 5.75 Å². The summed E-state index contributed by atoms with van der Waals surface area (Å²) in [5, 5.41) is 15.5. The molecule has 2 aliphatic carbocycles. The number of aromatic nitrogens is 2. The molecular formula is C20H26N4O2S2. The lowest BCUT2D eigenvalue weighted by molar-refractivity contribution is -0.119. The number of hydrogen-bond donors (Lipinski definition) is 2. The fraction of sp³-hybridized carbons (Fsp3) is 0.550. The molecule has 1 heterocycles. The first-order chi connectivity index (χ1) is 13.6. The van der Waals surface area contributed by atoms with Crippen LogP contribution in [0.1, 0.15) is 32.6 Å². The van der Waals surface area contributed by atoms with Crippen molar-refractivity contribution in [2.75, 3.05) is 18.2 Å². The van der Waals surface area contributed by atoms with E-state index in [1.165, 1.54) is 48.8 Å². The van der Waals surface area contributed by atoms with Crippen LogP contribution in [0.2, 0.25) is 0 Å². The standard InChI is InChI=1S/C20H26N4O2S2/c1-12(17-9-13-6-7-14(17)8-13)21-18(25)11-27-20-24-23-19(28-20)22-15-4-3-5-16(10-15)26-2/h3-5,10,12-14,17H,6-9,11H2,1-2H3,(H,21,25)(H,22,23)/t12-,13-,14-,17-/m1/s1. The minimum atomic E-state index is 0.0813. The van der Waals surface area contributed by atoms with Crippen LogP contribution in [0.15, 0.2) is 28.6 Å². The predicted octanol–water partition coefficient (Wildman–Crippen LogP) is 4.32. The molecule has 150 valence electrons. The second kappa shape index (κ2) is 8.69. The summed E-state index contributed by atoms with van der Waals surface area (Å²) in [6.45, 7) is 2.16. The third kappa shape index (κ3) is 4.60. The zero-order valence-electron chi connectivity index (χ0n) is 16.2. The van der Waals surface area contributed by atoms with Gasteiger partial charge in [0.05, 0.1) is 12.9 Å². The number of fused-ring (bicyclic) bond motifs is 2. The molecule has 1 aromatic carbocycles. The monoisotopic (exact) mass is 418 g/mol. The van der Waals surface area contributed by atoms with Gasteiger partial charge in [-0.25, -0.2) is 0 Å². The molecule has 6 nitrogen and oxygen atoms in total. The van der Waals surface area contributed by atoms with Crippen LogP contribution in [0.25, 0.3) is 0 Å². The number of rotatable bonds is 8. The van der Waals surface area contributed by atoms with Gasteiger partial charge in [0.1, 0.15) is 5.75 Å². The van der Waals surface area contributed by atoms with Crippen molar-refractivity contribution in [2.45, 2.75) is 43.0 Å². The van der Waals surface area contributed by atoms with Gasteiger partial charge in [0.15, 0.2) is 4.34 Å². The number of carbonyl (C=O) groups is 1. The summed E-state index contributed by atoms with van der Waals surface area (Å²) in [5.74, 6) is 3.62. The van der Waals surface area contributed by atoms with Gasteiger partial charge in [-0.15, -0.1) is 10.2 Å². The van der Waals surface area contributed by atoms with Crippen LogP contribution in [-0.2, 0) is 4.79 Å². The fourth-order valence-electron chi connectivity index (χ4n) is 4.58. The zero-order valence-corrected chi connectivity index (χ0v) is 17.8. The van der Waals surface area contributed by atoms with Crippen molar-refractivity contribution in [3.05, 3.63) is 24.3 Å². The Bertz CT molecular complexity index is 828. The molecule has 1 amide bonds. The number of nitrogens with zero attached hydrogens (tertiary/aromatic N) is 2. The van der Waals surface area contributed by atoms with Crippen LogP contribution in [0.3, 0.4) is 0 Å². The van der Waals surface area contributed by atoms with E-state index in [-0.39, 0.29) is 11.9 Å². The Balaban J connectivity index is 1.24. The SMILES string of the molecule is COc1cccc(Nc2nnc(SCC(=O)N[C@H](C)[C@H]3C[C@@H]4CC[C@@H]3C4)s2)c1. The van der Waals surface area contributed by atoms with Gasteiger partial charge in [-0.2, -0.15) is 0 Å². The second-order valence-electron chi connectivity index (χ2n) is 7.71. The van der Waals surface area contributed by atoms with E-state index in [1.54, 1.807) is 7.11 Å². The molecule has 2 saturated carbocycles. The third-order valence-electron chi connectivity index (χ3n) is 5.88. The van der Waals surface area contributed by atoms with Gasteiger partial charge < -0.3 is 15.4 Å². The molecule has 2 aliphatic rings. The van der Waals surface area contributed by atoms with E-state index in [1.807, 2.05) is 24.3 Å². The smallest absolute Gasteiger partial charge is 0.230 e. The quantitative estimate of drug-likeness (QED) is 0.622. The lowest BCUT2D eigenvalue weighted by atomic mass is 9.84. The molecule has 2 bridgehead atoms. The minimum absolute atomic E-state index is 0.0813. The van der Waals surface area contributed by atoms with E-state index >= 15 is 0 Å². The van der Waals surface area contributed by atoms with E-state index < -0.39 is 0 Å². The van der Waals surface area contributed by atoms with Crippen molar-refractivity contribution >= 4 is 39.8 Å². The number of ether oxygens (including phenoxy) is 1. The van der Waals surface area contributed by atoms with Crippen LogP contribution in [0.4, 0.5) is 10.8 Å². The van der Waals surface area contributed by atoms with Crippen molar-refractivity contribution in [1.29, 1.82) is 0 Å². The fourth-order valence-corrected chi connectivity index (χ4v) is 6.16. The van der Waals surface area contributed by atoms with E-state index in [9.17, 15) is 4.79 Å². The summed E-state index contributed by atoms with van der Waals surface area (Å²) in [5.41, 5.74) is 0.893. The molecule has 2 aromatic rings. The van der Waals surface area contributed by atoms with Crippen LogP contribution < -0.4 is 15.4 Å². The lowest BCUT2D eigenvalue weighted by Gasteiger charge is -2.28. The first kappa shape index (κ1) is 19.5. The number of hydrogen-bond acceptors (Lipinski definition) is 7. The first-order valence-corrected chi connectivity index (χ1v) is 11.6. The number of amides is 1. The minimum Gasteiger partial charge on any atom is -0.497 e. The number of nitrogens with one attached hydrogen (secondary N) is 2. The maximum absolute atomic E-state index is 12.4. The van der Waals surface area contributed by atoms with Gasteiger partial charge in [-0.05, 0) is 56.1 Å². The molecule has 1 aromatic heterocycles. The maximum Gasteiger partial charge on any atom is 0.230 e. The molecule has 0 unspecified atom stereocenters. The summed E-state index contributed by atoms with van der Waals surface area (Å²) in [4.78, 5) is 12.4. The largest absolute Gasteiger partial charge is 0.497 e. The summed E-state index contributed by atoms with van der Waals surface area (Å²) in [7, 11) is 1.64. The van der Waals surface area contributed by atoms with Gasteiger partial charge in [-0.3, -0.25) is 4.79 Å². The zero-order chi connectivity index (χ0) is 19.5. The lowest BCUT2D eigenvalue weighted by Crippen LogP contribution is -2.40. The Labute approximate surface area is 173 Å². The average Bonchev–Trinajstić information content (AvgIpc) is 3.44. The van der Waals surface area contributed by atoms with Crippen LogP contribution in [0, 0.1) is 17.8 Å². The highest BCUT2D eigenvalue weighted by atomic mass is 32.2. The highest BCUT2D eigenvalue weighted by molar-refractivity contribution is 8.01. The Morgan fingerprint density at radius 1 is 1.36 bits per heavy atom. The molecular weight excluding hydrogens is 392 g/mol. The number of methoxy groups -OCH3 is 1. The van der Waals surface area contributed by atoms with Gasteiger partial charge >= 0.3 is 0 Å². The highest BCUT2D eigenvalue weighted by Gasteiger charge is 2.42. The Kier molecular flexibility index (Phi) is 6.06. The maximum atomic E-state index is 12.4. The number of benzene rings is 1. The van der Waals surface area contributed by atoms with E-state index in [4.69, 9.17) is 4.74 Å². The highest BCUT2D eigenvalue weighted by Crippen LogP contribution is 2.49. The molecule has 4 atom stereocenters. The number of carbonyl (C=O) groups excluding carboxylic acids is 1. The van der Waals surface area contributed by atoms with Crippen LogP contribution >= 0.6 is 23.1 Å². The molecule has 8 heteroatoms. The topological polar surface area (TPSA) is 76.1 Å². The molecule has 4 rings (SSSR count). The second-order valence-corrected chi connectivity index (χ2v) is 9.91. The average molecular weight is 419 g/mol. The molecule has 0 aliphatic heterocycles. The Morgan fingerprint density at radius 3 is 3.00 bits per heavy atom. The summed E-state index contributed by atoms with van der Waals surface area (Å²) < 4.78 is 6.01. The van der Waals surface area contributed by atoms with Crippen molar-refractivity contribution in [3.8, 4) is 5.75 Å². The van der Waals surface area contributed by atoms with Gasteiger partial charge in [0.25, 0.3) is 0 Å². The van der Waals surface area contributed by atoms with Gasteiger partial charge in [0, 0.05) is 17.8 Å². The molecule has 0 spiro atoms.